The molecule has 1 aromatic rings. The molecule has 1 rings (SSSR count). The van der Waals surface area contributed by atoms with Crippen LogP contribution in [0.25, 0.3) is 0 Å². The summed E-state index contributed by atoms with van der Waals surface area (Å²) in [5.74, 6) is 1.17. The van der Waals surface area contributed by atoms with Crippen molar-refractivity contribution in [1.29, 1.82) is 0 Å². The average molecular weight is 255 g/mol. The highest BCUT2D eigenvalue weighted by atomic mass is 32.1. The number of nitrogens with one attached hydrogen (secondary N) is 1. The summed E-state index contributed by atoms with van der Waals surface area (Å²) in [5, 5.41) is 5.89. The lowest BCUT2D eigenvalue weighted by molar-refractivity contribution is 0.135. The minimum atomic E-state index is 0.412. The molecule has 0 spiro atoms. The van der Waals surface area contributed by atoms with Crippen molar-refractivity contribution in [2.75, 3.05) is 13.7 Å². The summed E-state index contributed by atoms with van der Waals surface area (Å²) in [6.07, 6.45) is 0. The first-order chi connectivity index (χ1) is 8.06. The van der Waals surface area contributed by atoms with E-state index in [1.54, 1.807) is 7.11 Å². The number of ether oxygens (including phenoxy) is 1. The summed E-state index contributed by atoms with van der Waals surface area (Å²) in [5.41, 5.74) is 0. The van der Waals surface area contributed by atoms with Crippen LogP contribution in [0, 0.1) is 11.8 Å². The third-order valence-electron chi connectivity index (χ3n) is 3.06. The lowest BCUT2D eigenvalue weighted by atomic mass is 9.98. The van der Waals surface area contributed by atoms with Gasteiger partial charge in [-0.05, 0) is 23.3 Å². The molecule has 0 aliphatic carbocycles. The van der Waals surface area contributed by atoms with Gasteiger partial charge in [-0.3, -0.25) is 0 Å². The van der Waals surface area contributed by atoms with E-state index in [0.29, 0.717) is 23.9 Å². The Bertz CT molecular complexity index is 295. The van der Waals surface area contributed by atoms with E-state index < -0.39 is 0 Å². The molecule has 0 saturated carbocycles. The maximum absolute atomic E-state index is 5.30. The second kappa shape index (κ2) is 7.14. The van der Waals surface area contributed by atoms with E-state index in [2.05, 4.69) is 50.5 Å². The van der Waals surface area contributed by atoms with Gasteiger partial charge in [0.25, 0.3) is 0 Å². The molecule has 1 heterocycles. The van der Waals surface area contributed by atoms with Gasteiger partial charge in [0.05, 0.1) is 6.61 Å². The molecule has 0 aliphatic heterocycles. The number of methoxy groups -OCH3 is 1. The van der Waals surface area contributed by atoms with Gasteiger partial charge in [0.15, 0.2) is 0 Å². The Labute approximate surface area is 109 Å². The van der Waals surface area contributed by atoms with E-state index >= 15 is 0 Å². The van der Waals surface area contributed by atoms with Gasteiger partial charge < -0.3 is 10.1 Å². The summed E-state index contributed by atoms with van der Waals surface area (Å²) in [4.78, 5) is 1.42. The summed E-state index contributed by atoms with van der Waals surface area (Å²) in [6.45, 7) is 9.78. The smallest absolute Gasteiger partial charge is 0.0618 e. The van der Waals surface area contributed by atoms with Crippen molar-refractivity contribution in [1.82, 2.24) is 5.32 Å². The van der Waals surface area contributed by atoms with Crippen molar-refractivity contribution < 1.29 is 4.74 Å². The minimum Gasteiger partial charge on any atom is -0.383 e. The van der Waals surface area contributed by atoms with Crippen LogP contribution in [-0.4, -0.2) is 19.8 Å². The van der Waals surface area contributed by atoms with Crippen molar-refractivity contribution in [2.24, 2.45) is 11.8 Å². The van der Waals surface area contributed by atoms with Crippen LogP contribution >= 0.6 is 11.3 Å². The van der Waals surface area contributed by atoms with Gasteiger partial charge in [-0.2, -0.15) is 0 Å². The standard InChI is InChI=1S/C14H25NOS/c1-10(2)12(9-16-5)15-14(11(3)4)13-7-6-8-17-13/h6-8,10-12,14-15H,9H2,1-5H3. The molecule has 17 heavy (non-hydrogen) atoms. The number of rotatable bonds is 7. The highest BCUT2D eigenvalue weighted by Gasteiger charge is 2.22. The molecule has 0 saturated heterocycles. The second-order valence-corrected chi connectivity index (χ2v) is 6.19. The Morgan fingerprint density at radius 2 is 1.94 bits per heavy atom. The van der Waals surface area contributed by atoms with E-state index in [-0.39, 0.29) is 0 Å². The summed E-state index contributed by atoms with van der Waals surface area (Å²) in [7, 11) is 1.77. The maximum Gasteiger partial charge on any atom is 0.0618 e. The topological polar surface area (TPSA) is 21.3 Å². The minimum absolute atomic E-state index is 0.412. The Balaban J connectivity index is 2.72. The maximum atomic E-state index is 5.30. The van der Waals surface area contributed by atoms with Crippen molar-refractivity contribution in [2.45, 2.75) is 39.8 Å². The first kappa shape index (κ1) is 14.7. The monoisotopic (exact) mass is 255 g/mol. The van der Waals surface area contributed by atoms with Gasteiger partial charge in [-0.25, -0.2) is 0 Å². The van der Waals surface area contributed by atoms with Crippen LogP contribution in [0.3, 0.4) is 0 Å². The third kappa shape index (κ3) is 4.41. The molecule has 3 heteroatoms. The molecule has 0 fully saturated rings. The van der Waals surface area contributed by atoms with Gasteiger partial charge in [0.1, 0.15) is 0 Å². The van der Waals surface area contributed by atoms with E-state index in [1.807, 2.05) is 11.3 Å². The first-order valence-corrected chi connectivity index (χ1v) is 7.22. The lowest BCUT2D eigenvalue weighted by Crippen LogP contribution is -2.41. The van der Waals surface area contributed by atoms with Crippen LogP contribution < -0.4 is 5.32 Å². The van der Waals surface area contributed by atoms with E-state index in [0.717, 1.165) is 6.61 Å². The highest BCUT2D eigenvalue weighted by molar-refractivity contribution is 7.10. The van der Waals surface area contributed by atoms with Gasteiger partial charge in [0, 0.05) is 24.1 Å². The Morgan fingerprint density at radius 1 is 1.24 bits per heavy atom. The van der Waals surface area contributed by atoms with Crippen LogP contribution in [-0.2, 0) is 4.74 Å². The zero-order valence-corrected chi connectivity index (χ0v) is 12.4. The molecule has 1 aromatic heterocycles. The SMILES string of the molecule is COCC(NC(c1cccs1)C(C)C)C(C)C. The average Bonchev–Trinajstić information content (AvgIpc) is 2.76. The predicted octanol–water partition coefficient (Wildman–Crippen LogP) is 3.71. The fourth-order valence-corrected chi connectivity index (χ4v) is 2.87. The summed E-state index contributed by atoms with van der Waals surface area (Å²) >= 11 is 1.83. The summed E-state index contributed by atoms with van der Waals surface area (Å²) in [6, 6.07) is 5.18. The molecule has 2 atom stereocenters. The first-order valence-electron chi connectivity index (χ1n) is 6.34. The zero-order valence-electron chi connectivity index (χ0n) is 11.6. The van der Waals surface area contributed by atoms with E-state index in [9.17, 15) is 0 Å². The molecule has 0 amide bonds. The van der Waals surface area contributed by atoms with Crippen LogP contribution in [0.4, 0.5) is 0 Å². The van der Waals surface area contributed by atoms with Crippen molar-refractivity contribution in [3.63, 3.8) is 0 Å². The van der Waals surface area contributed by atoms with Crippen LogP contribution in [0.15, 0.2) is 17.5 Å². The fraction of sp³-hybridized carbons (Fsp3) is 0.714. The molecule has 0 radical (unpaired) electrons. The van der Waals surface area contributed by atoms with Crippen molar-refractivity contribution >= 4 is 11.3 Å². The molecule has 0 aliphatic rings. The van der Waals surface area contributed by atoms with Crippen molar-refractivity contribution in [3.05, 3.63) is 22.4 Å². The van der Waals surface area contributed by atoms with Crippen LogP contribution in [0.1, 0.15) is 38.6 Å². The second-order valence-electron chi connectivity index (χ2n) is 5.21. The molecule has 0 aromatic carbocycles. The molecular weight excluding hydrogens is 230 g/mol. The number of hydrogen-bond donors (Lipinski definition) is 1. The van der Waals surface area contributed by atoms with Crippen LogP contribution in [0.2, 0.25) is 0 Å². The Hall–Kier alpha value is -0.380. The Morgan fingerprint density at radius 3 is 2.35 bits per heavy atom. The Kier molecular flexibility index (Phi) is 6.17. The van der Waals surface area contributed by atoms with Gasteiger partial charge in [0.2, 0.25) is 0 Å². The molecule has 2 nitrogen and oxygen atoms in total. The number of thiophene rings is 1. The molecule has 0 bridgehead atoms. The fourth-order valence-electron chi connectivity index (χ4n) is 1.91. The molecule has 2 unspecified atom stereocenters. The largest absolute Gasteiger partial charge is 0.383 e. The zero-order chi connectivity index (χ0) is 12.8. The van der Waals surface area contributed by atoms with Gasteiger partial charge in [-0.15, -0.1) is 11.3 Å². The van der Waals surface area contributed by atoms with Gasteiger partial charge in [-0.1, -0.05) is 33.8 Å². The lowest BCUT2D eigenvalue weighted by Gasteiger charge is -2.29. The quantitative estimate of drug-likeness (QED) is 0.802. The molecule has 98 valence electrons. The number of hydrogen-bond acceptors (Lipinski definition) is 3. The molecular formula is C14H25NOS. The molecule has 1 N–H and O–H groups in total. The van der Waals surface area contributed by atoms with Crippen molar-refractivity contribution in [3.8, 4) is 0 Å². The van der Waals surface area contributed by atoms with Crippen LogP contribution in [0.5, 0.6) is 0 Å². The van der Waals surface area contributed by atoms with Gasteiger partial charge >= 0.3 is 0 Å². The predicted molar refractivity (Wildman–Crippen MR) is 75.5 cm³/mol. The van der Waals surface area contributed by atoms with E-state index in [1.165, 1.54) is 4.88 Å². The normalized spacial score (nSPS) is 15.5. The third-order valence-corrected chi connectivity index (χ3v) is 4.02. The summed E-state index contributed by atoms with van der Waals surface area (Å²) < 4.78 is 5.30. The van der Waals surface area contributed by atoms with E-state index in [4.69, 9.17) is 4.74 Å². The highest BCUT2D eigenvalue weighted by Crippen LogP contribution is 2.27.